The molecule has 0 heterocycles. The maximum absolute atomic E-state index is 13.3. The summed E-state index contributed by atoms with van der Waals surface area (Å²) in [5.74, 6) is -1.81. The van der Waals surface area contributed by atoms with Crippen LogP contribution in [0.5, 0.6) is 0 Å². The largest absolute Gasteiger partial charge is 0.352 e. The molecular weight excluding hydrogens is 592 g/mol. The summed E-state index contributed by atoms with van der Waals surface area (Å²) in [5, 5.41) is 10.7. The Kier molecular flexibility index (Phi) is 20.3. The van der Waals surface area contributed by atoms with Gasteiger partial charge < -0.3 is 31.8 Å². The first-order chi connectivity index (χ1) is 21.9. The van der Waals surface area contributed by atoms with E-state index in [-0.39, 0.29) is 55.9 Å². The summed E-state index contributed by atoms with van der Waals surface area (Å²) in [5.41, 5.74) is 8.85. The molecule has 1 aromatic rings. The molecule has 7 N–H and O–H groups in total. The Balaban J connectivity index is 2.72. The summed E-state index contributed by atoms with van der Waals surface area (Å²) in [7, 11) is 0. The Morgan fingerprint density at radius 3 is 2.07 bits per heavy atom. The van der Waals surface area contributed by atoms with Crippen molar-refractivity contribution in [1.29, 1.82) is 0 Å². The number of carbonyl (C=O) groups is 6. The van der Waals surface area contributed by atoms with E-state index in [0.717, 1.165) is 24.8 Å². The minimum Gasteiger partial charge on any atom is -0.352 e. The summed E-state index contributed by atoms with van der Waals surface area (Å²) >= 11 is 0. The fourth-order valence-corrected chi connectivity index (χ4v) is 4.56. The normalized spacial score (nSPS) is 12.1. The molecule has 0 fully saturated rings. The van der Waals surface area contributed by atoms with Crippen LogP contribution in [0, 0.1) is 5.92 Å². The van der Waals surface area contributed by atoms with Gasteiger partial charge in [0.2, 0.25) is 23.6 Å². The molecule has 0 saturated carbocycles. The molecular formula is C33H54N6O7. The molecule has 0 aliphatic heterocycles. The van der Waals surface area contributed by atoms with E-state index in [1.165, 1.54) is 26.2 Å². The van der Waals surface area contributed by atoms with Gasteiger partial charge in [-0.1, -0.05) is 65.0 Å². The number of rotatable bonds is 24. The summed E-state index contributed by atoms with van der Waals surface area (Å²) in [6.07, 6.45) is 8.29. The molecule has 258 valence electrons. The van der Waals surface area contributed by atoms with Crippen LogP contribution in [0.25, 0.3) is 0 Å². The molecule has 13 nitrogen and oxygen atoms in total. The van der Waals surface area contributed by atoms with Gasteiger partial charge in [0.25, 0.3) is 0 Å². The number of hydroxylamine groups is 1. The van der Waals surface area contributed by atoms with Crippen molar-refractivity contribution in [1.82, 2.24) is 21.4 Å². The van der Waals surface area contributed by atoms with Crippen molar-refractivity contribution in [2.24, 2.45) is 11.7 Å². The van der Waals surface area contributed by atoms with Crippen LogP contribution in [0.3, 0.4) is 0 Å². The number of nitrogens with two attached hydrogens (primary N) is 1. The molecule has 46 heavy (non-hydrogen) atoms. The van der Waals surface area contributed by atoms with Crippen molar-refractivity contribution < 1.29 is 33.6 Å². The quantitative estimate of drug-likeness (QED) is 0.0726. The summed E-state index contributed by atoms with van der Waals surface area (Å²) < 4.78 is 0. The first-order valence-electron chi connectivity index (χ1n) is 16.4. The van der Waals surface area contributed by atoms with Gasteiger partial charge >= 0.3 is 6.03 Å². The van der Waals surface area contributed by atoms with E-state index in [9.17, 15) is 28.8 Å². The van der Waals surface area contributed by atoms with Gasteiger partial charge in [0, 0.05) is 31.5 Å². The van der Waals surface area contributed by atoms with Crippen molar-refractivity contribution in [3.05, 3.63) is 29.8 Å². The molecule has 0 aliphatic rings. The highest BCUT2D eigenvalue weighted by Gasteiger charge is 2.28. The molecule has 2 atom stereocenters. The average Bonchev–Trinajstić information content (AvgIpc) is 2.99. The zero-order chi connectivity index (χ0) is 34.3. The average molecular weight is 647 g/mol. The second kappa shape index (κ2) is 23.4. The van der Waals surface area contributed by atoms with Crippen LogP contribution in [0.15, 0.2) is 24.3 Å². The first-order valence-corrected chi connectivity index (χ1v) is 16.4. The van der Waals surface area contributed by atoms with Gasteiger partial charge in [0.1, 0.15) is 17.9 Å². The summed E-state index contributed by atoms with van der Waals surface area (Å²) in [4.78, 5) is 78.5. The smallest absolute Gasteiger partial charge is 0.312 e. The van der Waals surface area contributed by atoms with Gasteiger partial charge in [-0.05, 0) is 56.2 Å². The summed E-state index contributed by atoms with van der Waals surface area (Å²) in [6.45, 7) is 7.53. The van der Waals surface area contributed by atoms with Crippen molar-refractivity contribution >= 4 is 41.1 Å². The van der Waals surface area contributed by atoms with Gasteiger partial charge in [-0.2, -0.15) is 0 Å². The van der Waals surface area contributed by atoms with E-state index >= 15 is 0 Å². The zero-order valence-electron chi connectivity index (χ0n) is 27.9. The molecule has 0 spiro atoms. The van der Waals surface area contributed by atoms with Crippen LogP contribution in [0.2, 0.25) is 0 Å². The SMILES string of the molecule is CCCCCCCCC(=O)NOCc1ccc(NC(=O)[C@H](CCCNC(N)=O)NC(=O)[C@@H](NC(=O)CCCC(C)=O)C(C)C)cc1. The highest BCUT2D eigenvalue weighted by molar-refractivity contribution is 5.98. The highest BCUT2D eigenvalue weighted by atomic mass is 16.6. The number of carbonyl (C=O) groups excluding carboxylic acids is 6. The Hall–Kier alpha value is -4.00. The third-order valence-electron chi connectivity index (χ3n) is 7.20. The number of amides is 6. The molecule has 1 rings (SSSR count). The second-order valence-corrected chi connectivity index (χ2v) is 11.9. The summed E-state index contributed by atoms with van der Waals surface area (Å²) in [6, 6.07) is 4.30. The fourth-order valence-electron chi connectivity index (χ4n) is 4.56. The lowest BCUT2D eigenvalue weighted by Gasteiger charge is -2.25. The van der Waals surface area contributed by atoms with E-state index in [4.69, 9.17) is 10.6 Å². The van der Waals surface area contributed by atoms with Crippen LogP contribution in [0.1, 0.15) is 110 Å². The van der Waals surface area contributed by atoms with E-state index in [1.807, 2.05) is 0 Å². The standard InChI is InChI=1S/C33H54N6O7/c1-5-6-7-8-9-10-15-29(42)39-46-22-25-17-19-26(20-18-25)36-31(43)27(14-12-21-35-33(34)45)37-32(44)30(23(2)3)38-28(41)16-11-13-24(4)40/h17-20,23,27,30H,5-16,21-22H2,1-4H3,(H,36,43)(H,37,44)(H,38,41)(H,39,42)(H3,34,35,45)/t27-,30-/m0/s1. The minimum absolute atomic E-state index is 0.0174. The third kappa shape index (κ3) is 18.7. The van der Waals surface area contributed by atoms with Crippen molar-refractivity contribution in [2.75, 3.05) is 11.9 Å². The number of primary amides is 1. The van der Waals surface area contributed by atoms with Crippen LogP contribution >= 0.6 is 0 Å². The van der Waals surface area contributed by atoms with Crippen molar-refractivity contribution in [2.45, 2.75) is 123 Å². The lowest BCUT2D eigenvalue weighted by atomic mass is 10.0. The zero-order valence-corrected chi connectivity index (χ0v) is 27.9. The van der Waals surface area contributed by atoms with Crippen molar-refractivity contribution in [3.8, 4) is 0 Å². The maximum atomic E-state index is 13.3. The fraction of sp³-hybridized carbons (Fsp3) is 0.636. The van der Waals surface area contributed by atoms with E-state index in [2.05, 4.69) is 33.7 Å². The molecule has 0 unspecified atom stereocenters. The van der Waals surface area contributed by atoms with Crippen LogP contribution in [-0.2, 0) is 35.4 Å². The Morgan fingerprint density at radius 2 is 1.43 bits per heavy atom. The highest BCUT2D eigenvalue weighted by Crippen LogP contribution is 2.13. The van der Waals surface area contributed by atoms with E-state index < -0.39 is 29.9 Å². The molecule has 13 heteroatoms. The van der Waals surface area contributed by atoms with Crippen molar-refractivity contribution in [3.63, 3.8) is 0 Å². The molecule has 0 aromatic heterocycles. The van der Waals surface area contributed by atoms with Gasteiger partial charge in [0.05, 0.1) is 6.61 Å². The van der Waals surface area contributed by atoms with E-state index in [1.54, 1.807) is 38.1 Å². The first kappa shape index (κ1) is 40.0. The lowest BCUT2D eigenvalue weighted by molar-refractivity contribution is -0.134. The molecule has 0 radical (unpaired) electrons. The Bertz CT molecular complexity index is 1110. The maximum Gasteiger partial charge on any atom is 0.312 e. The second-order valence-electron chi connectivity index (χ2n) is 11.9. The number of benzene rings is 1. The Morgan fingerprint density at radius 1 is 0.783 bits per heavy atom. The van der Waals surface area contributed by atoms with Gasteiger partial charge in [-0.15, -0.1) is 0 Å². The predicted octanol–water partition coefficient (Wildman–Crippen LogP) is 3.76. The predicted molar refractivity (Wildman–Crippen MR) is 176 cm³/mol. The van der Waals surface area contributed by atoms with Gasteiger partial charge in [-0.3, -0.25) is 24.0 Å². The monoisotopic (exact) mass is 646 g/mol. The number of Topliss-reactive ketones (excluding diaryl/α,β-unsaturated/α-hetero) is 1. The van der Waals surface area contributed by atoms with Gasteiger partial charge in [0.15, 0.2) is 0 Å². The Labute approximate surface area is 272 Å². The number of ketones is 1. The number of hydrogen-bond acceptors (Lipinski definition) is 7. The number of hydrogen-bond donors (Lipinski definition) is 6. The van der Waals surface area contributed by atoms with Crippen LogP contribution in [0.4, 0.5) is 10.5 Å². The van der Waals surface area contributed by atoms with Gasteiger partial charge in [-0.25, -0.2) is 10.3 Å². The van der Waals surface area contributed by atoms with Crippen LogP contribution < -0.4 is 32.5 Å². The molecule has 0 bridgehead atoms. The molecule has 0 saturated heterocycles. The van der Waals surface area contributed by atoms with E-state index in [0.29, 0.717) is 24.9 Å². The van der Waals surface area contributed by atoms with Crippen LogP contribution in [-0.4, -0.2) is 54.1 Å². The third-order valence-corrected chi connectivity index (χ3v) is 7.20. The molecule has 0 aliphatic carbocycles. The molecule has 1 aromatic carbocycles. The minimum atomic E-state index is -0.970. The number of unbranched alkanes of at least 4 members (excludes halogenated alkanes) is 5. The lowest BCUT2D eigenvalue weighted by Crippen LogP contribution is -2.54. The topological polar surface area (TPSA) is 198 Å². The number of urea groups is 1. The number of anilines is 1. The molecule has 6 amide bonds. The number of nitrogens with one attached hydrogen (secondary N) is 5.